The molecule has 0 radical (unpaired) electrons. The Kier molecular flexibility index (Phi) is 5.18. The lowest BCUT2D eigenvalue weighted by Crippen LogP contribution is -2.36. The summed E-state index contributed by atoms with van der Waals surface area (Å²) in [6, 6.07) is 6.43. The zero-order valence-corrected chi connectivity index (χ0v) is 17.8. The number of ether oxygens (including phenoxy) is 1. The summed E-state index contributed by atoms with van der Waals surface area (Å²) in [6.07, 6.45) is 9.47. The van der Waals surface area contributed by atoms with Gasteiger partial charge in [-0.2, -0.15) is 0 Å². The van der Waals surface area contributed by atoms with E-state index in [1.807, 2.05) is 0 Å². The minimum absolute atomic E-state index is 0.0578. The number of halogens is 2. The van der Waals surface area contributed by atoms with Crippen molar-refractivity contribution in [3.05, 3.63) is 59.3 Å². The predicted octanol–water partition coefficient (Wildman–Crippen LogP) is 3.38. The van der Waals surface area contributed by atoms with Gasteiger partial charge in [-0.1, -0.05) is 23.7 Å². The van der Waals surface area contributed by atoms with Crippen molar-refractivity contribution in [1.82, 2.24) is 15.0 Å². The Hall–Kier alpha value is -3.25. The fourth-order valence-corrected chi connectivity index (χ4v) is 5.45. The Morgan fingerprint density at radius 2 is 2.19 bits per heavy atom. The van der Waals surface area contributed by atoms with Gasteiger partial charge in [0, 0.05) is 29.3 Å². The first-order valence-corrected chi connectivity index (χ1v) is 11.0. The van der Waals surface area contributed by atoms with Crippen LogP contribution in [-0.4, -0.2) is 38.7 Å². The van der Waals surface area contributed by atoms with Crippen molar-refractivity contribution in [2.45, 2.75) is 23.6 Å². The molecule has 1 aliphatic heterocycles. The average Bonchev–Trinajstić information content (AvgIpc) is 3.58. The van der Waals surface area contributed by atoms with E-state index in [4.69, 9.17) is 16.9 Å². The highest BCUT2D eigenvalue weighted by Gasteiger charge is 2.58. The van der Waals surface area contributed by atoms with E-state index in [-0.39, 0.29) is 23.3 Å². The van der Waals surface area contributed by atoms with Gasteiger partial charge in [0.25, 0.3) is 0 Å². The highest BCUT2D eigenvalue weighted by molar-refractivity contribution is 8.14. The number of benzene rings is 1. The van der Waals surface area contributed by atoms with Crippen molar-refractivity contribution in [2.24, 2.45) is 16.6 Å². The molecule has 3 atom stereocenters. The first kappa shape index (κ1) is 20.6. The molecule has 162 valence electrons. The number of hydrogen-bond acceptors (Lipinski definition) is 7. The molecule has 0 bridgehead atoms. The molecule has 9 heteroatoms. The number of aliphatic imine (C=N–C) groups is 1. The zero-order chi connectivity index (χ0) is 22.3. The second-order valence-corrected chi connectivity index (χ2v) is 9.08. The number of pyridine rings is 1. The first-order chi connectivity index (χ1) is 15.5. The number of terminal acetylenes is 1. The third-order valence-corrected chi connectivity index (χ3v) is 6.97. The van der Waals surface area contributed by atoms with Crippen LogP contribution in [0.25, 0.3) is 11.0 Å². The van der Waals surface area contributed by atoms with Crippen LogP contribution in [-0.2, 0) is 12.0 Å². The van der Waals surface area contributed by atoms with Crippen LogP contribution in [0.15, 0.2) is 41.7 Å². The largest absolute Gasteiger partial charge is 0.463 e. The van der Waals surface area contributed by atoms with E-state index in [1.165, 1.54) is 24.0 Å². The molecule has 2 aliphatic rings. The minimum atomic E-state index is -1.27. The van der Waals surface area contributed by atoms with Crippen molar-refractivity contribution >= 4 is 28.0 Å². The van der Waals surface area contributed by atoms with Crippen molar-refractivity contribution in [3.63, 3.8) is 0 Å². The lowest BCUT2D eigenvalue weighted by molar-refractivity contribution is 0.271. The quantitative estimate of drug-likeness (QED) is 0.579. The van der Waals surface area contributed by atoms with Crippen LogP contribution in [0.5, 0.6) is 5.88 Å². The van der Waals surface area contributed by atoms with E-state index in [9.17, 15) is 8.78 Å². The van der Waals surface area contributed by atoms with Crippen molar-refractivity contribution < 1.29 is 13.5 Å². The van der Waals surface area contributed by atoms with Crippen molar-refractivity contribution in [2.75, 3.05) is 13.3 Å². The Balaban J connectivity index is 1.50. The van der Waals surface area contributed by atoms with Gasteiger partial charge in [0.1, 0.15) is 23.5 Å². The Morgan fingerprint density at radius 3 is 3.00 bits per heavy atom. The van der Waals surface area contributed by atoms with E-state index in [2.05, 4.69) is 25.9 Å². The number of amidine groups is 1. The van der Waals surface area contributed by atoms with Crippen LogP contribution in [0.1, 0.15) is 23.2 Å². The number of fused-ring (bicyclic) bond motifs is 2. The molecule has 2 N–H and O–H groups in total. The molecule has 1 fully saturated rings. The van der Waals surface area contributed by atoms with Gasteiger partial charge >= 0.3 is 0 Å². The lowest BCUT2D eigenvalue weighted by atomic mass is 9.85. The standard InChI is InChI=1S/C23H19F2N5OS/c1-2-7-31-20-11-28-21-17(29-20)5-6-27-18(21)9-13-3-4-16(25)14(8-13)23(12-24)15-10-19(15)32-22(26)30-23/h1,3-6,8,11,15,19H,7,9-10,12H2,(H2,26,30)/t15-,19+,23-/m1/s1. The molecule has 1 aromatic carbocycles. The predicted molar refractivity (Wildman–Crippen MR) is 120 cm³/mol. The maximum absolute atomic E-state index is 14.9. The van der Waals surface area contributed by atoms with Gasteiger partial charge in [-0.05, 0) is 30.2 Å². The van der Waals surface area contributed by atoms with Crippen LogP contribution in [0.4, 0.5) is 8.78 Å². The molecule has 0 unspecified atom stereocenters. The van der Waals surface area contributed by atoms with E-state index < -0.39 is 18.0 Å². The fraction of sp³-hybridized carbons (Fsp3) is 0.304. The van der Waals surface area contributed by atoms with Gasteiger partial charge in [-0.15, -0.1) is 6.42 Å². The maximum Gasteiger partial charge on any atom is 0.233 e. The highest BCUT2D eigenvalue weighted by atomic mass is 32.2. The summed E-state index contributed by atoms with van der Waals surface area (Å²) in [5, 5.41) is 0.493. The molecule has 0 spiro atoms. The van der Waals surface area contributed by atoms with Crippen LogP contribution < -0.4 is 10.5 Å². The number of thioether (sulfide) groups is 1. The summed E-state index contributed by atoms with van der Waals surface area (Å²) < 4.78 is 34.6. The van der Waals surface area contributed by atoms with Crippen molar-refractivity contribution in [1.29, 1.82) is 0 Å². The zero-order valence-electron chi connectivity index (χ0n) is 17.0. The molecule has 0 amide bonds. The number of nitrogens with two attached hydrogens (primary N) is 1. The second-order valence-electron chi connectivity index (χ2n) is 7.82. The van der Waals surface area contributed by atoms with Gasteiger partial charge in [-0.25, -0.2) is 23.7 Å². The van der Waals surface area contributed by atoms with Crippen molar-refractivity contribution in [3.8, 4) is 18.2 Å². The van der Waals surface area contributed by atoms with Gasteiger partial charge in [0.05, 0.1) is 17.4 Å². The maximum atomic E-state index is 14.9. The number of rotatable bonds is 6. The Morgan fingerprint density at radius 1 is 1.31 bits per heavy atom. The molecule has 3 aromatic rings. The van der Waals surface area contributed by atoms with E-state index in [1.54, 1.807) is 24.4 Å². The Bertz CT molecular complexity index is 1280. The lowest BCUT2D eigenvalue weighted by Gasteiger charge is -2.31. The number of alkyl halides is 1. The molecule has 1 aliphatic carbocycles. The van der Waals surface area contributed by atoms with Gasteiger partial charge in [0.15, 0.2) is 11.8 Å². The molecule has 0 saturated heterocycles. The van der Waals surface area contributed by atoms with Gasteiger partial charge in [0.2, 0.25) is 5.88 Å². The van der Waals surface area contributed by atoms with Crippen LogP contribution in [0, 0.1) is 24.1 Å². The fourth-order valence-electron chi connectivity index (χ4n) is 4.23. The molecule has 6 nitrogen and oxygen atoms in total. The summed E-state index contributed by atoms with van der Waals surface area (Å²) in [6.45, 7) is -0.700. The first-order valence-electron chi connectivity index (χ1n) is 10.1. The third kappa shape index (κ3) is 3.54. The monoisotopic (exact) mass is 451 g/mol. The van der Waals surface area contributed by atoms with Crippen LogP contribution >= 0.6 is 11.8 Å². The summed E-state index contributed by atoms with van der Waals surface area (Å²) in [5.41, 5.74) is 7.55. The smallest absolute Gasteiger partial charge is 0.233 e. The van der Waals surface area contributed by atoms with Gasteiger partial charge in [-0.3, -0.25) is 4.98 Å². The van der Waals surface area contributed by atoms with Crippen LogP contribution in [0.3, 0.4) is 0 Å². The van der Waals surface area contributed by atoms with E-state index in [0.29, 0.717) is 34.2 Å². The second kappa shape index (κ2) is 8.02. The summed E-state index contributed by atoms with van der Waals surface area (Å²) >= 11 is 1.44. The molecular weight excluding hydrogens is 432 g/mol. The average molecular weight is 452 g/mol. The molecule has 1 saturated carbocycles. The minimum Gasteiger partial charge on any atom is -0.463 e. The summed E-state index contributed by atoms with van der Waals surface area (Å²) in [4.78, 5) is 17.7. The number of nitrogens with zero attached hydrogens (tertiary/aromatic N) is 4. The van der Waals surface area contributed by atoms with E-state index >= 15 is 0 Å². The molecule has 5 rings (SSSR count). The SMILES string of the molecule is C#CCOc1cnc2c(Cc3ccc(F)c([C@@]4(CF)N=C(N)S[C@H]5C[C@H]54)c3)nccc2n1. The highest BCUT2D eigenvalue weighted by Crippen LogP contribution is 2.58. The van der Waals surface area contributed by atoms with E-state index in [0.717, 1.165) is 12.0 Å². The van der Waals surface area contributed by atoms with Gasteiger partial charge < -0.3 is 10.5 Å². The summed E-state index contributed by atoms with van der Waals surface area (Å²) in [7, 11) is 0. The number of aromatic nitrogens is 3. The molecular formula is C23H19F2N5OS. The molecule has 2 aromatic heterocycles. The number of hydrogen-bond donors (Lipinski definition) is 1. The molecule has 3 heterocycles. The summed E-state index contributed by atoms with van der Waals surface area (Å²) in [5.74, 6) is 2.17. The normalized spacial score (nSPS) is 23.8. The topological polar surface area (TPSA) is 86.3 Å². The Labute approximate surface area is 187 Å². The molecule has 32 heavy (non-hydrogen) atoms. The van der Waals surface area contributed by atoms with Crippen LogP contribution in [0.2, 0.25) is 0 Å². The third-order valence-electron chi connectivity index (χ3n) is 5.82.